The van der Waals surface area contributed by atoms with E-state index in [9.17, 15) is 0 Å². The predicted octanol–water partition coefficient (Wildman–Crippen LogP) is 16.4. The third kappa shape index (κ3) is 8.54. The van der Waals surface area contributed by atoms with E-state index in [0.29, 0.717) is 11.5 Å². The van der Waals surface area contributed by atoms with Crippen molar-refractivity contribution in [3.63, 3.8) is 0 Å². The van der Waals surface area contributed by atoms with Crippen molar-refractivity contribution >= 4 is 32.8 Å². The van der Waals surface area contributed by atoms with Gasteiger partial charge < -0.3 is 13.9 Å². The van der Waals surface area contributed by atoms with Crippen molar-refractivity contribution in [1.29, 1.82) is 0 Å². The fourth-order valence-corrected chi connectivity index (χ4v) is 9.93. The number of benzene rings is 9. The second-order valence-corrected chi connectivity index (χ2v) is 19.3. The van der Waals surface area contributed by atoms with Gasteiger partial charge in [-0.15, -0.1) is 29.7 Å². The van der Waals surface area contributed by atoms with E-state index in [-0.39, 0.29) is 32.4 Å². The molecule has 9 aromatic carbocycles. The summed E-state index contributed by atoms with van der Waals surface area (Å²) in [5.74, 6) is 2.20. The quantitative estimate of drug-likeness (QED) is 0.101. The summed E-state index contributed by atoms with van der Waals surface area (Å²) in [5, 5.41) is 2.18. The first-order chi connectivity index (χ1) is 34.8. The van der Waals surface area contributed by atoms with E-state index in [1.807, 2.05) is 24.4 Å². The molecule has 1 unspecified atom stereocenters. The molecule has 12 aromatic rings. The molecule has 12 rings (SSSR count). The molecule has 0 aliphatic carbocycles. The molecule has 3 heterocycles. The summed E-state index contributed by atoms with van der Waals surface area (Å²) >= 11 is 0. The maximum Gasteiger partial charge on any atom is 0.268 e. The van der Waals surface area contributed by atoms with Crippen LogP contribution in [0, 0.1) is 23.9 Å². The zero-order chi connectivity index (χ0) is 48.1. The van der Waals surface area contributed by atoms with Crippen molar-refractivity contribution in [2.45, 2.75) is 33.6 Å². The van der Waals surface area contributed by atoms with E-state index in [4.69, 9.17) is 9.72 Å². The van der Waals surface area contributed by atoms with Crippen molar-refractivity contribution in [2.24, 2.45) is 5.41 Å². The van der Waals surface area contributed by atoms with Crippen molar-refractivity contribution < 1.29 is 30.4 Å². The normalized spacial score (nSPS) is 12.0. The van der Waals surface area contributed by atoms with Crippen LogP contribution in [0.15, 0.2) is 225 Å². The topological polar surface area (TPSA) is 35.9 Å². The third-order valence-corrected chi connectivity index (χ3v) is 14.0. The van der Waals surface area contributed by atoms with Crippen molar-refractivity contribution in [3.8, 4) is 73.2 Å². The largest absolute Gasteiger partial charge is 0.510 e. The number of fused-ring (bicyclic) bond motifs is 4. The Bertz CT molecular complexity index is 3840. The summed E-state index contributed by atoms with van der Waals surface area (Å²) < 4.78 is 13.3. The number of ether oxygens (including phenoxy) is 1. The van der Waals surface area contributed by atoms with Crippen LogP contribution in [0.25, 0.3) is 94.5 Å². The van der Waals surface area contributed by atoms with E-state index in [1.54, 1.807) is 0 Å². The van der Waals surface area contributed by atoms with Gasteiger partial charge in [0.1, 0.15) is 5.82 Å². The minimum absolute atomic E-state index is 0. The molecule has 0 spiro atoms. The number of hydrogen-bond acceptors (Lipinski definition) is 2. The van der Waals surface area contributed by atoms with Crippen molar-refractivity contribution in [1.82, 2.24) is 14.1 Å². The van der Waals surface area contributed by atoms with Gasteiger partial charge in [0.2, 0.25) is 0 Å². The number of aromatic nitrogens is 4. The molecule has 0 radical (unpaired) electrons. The van der Waals surface area contributed by atoms with Gasteiger partial charge in [-0.05, 0) is 79.0 Å². The summed E-state index contributed by atoms with van der Waals surface area (Å²) in [7, 11) is 0. The molecule has 5 nitrogen and oxygen atoms in total. The van der Waals surface area contributed by atoms with Gasteiger partial charge in [-0.1, -0.05) is 209 Å². The Labute approximate surface area is 435 Å². The minimum atomic E-state index is 0. The van der Waals surface area contributed by atoms with Gasteiger partial charge in [0.05, 0.1) is 16.7 Å². The smallest absolute Gasteiger partial charge is 0.268 e. The first kappa shape index (κ1) is 46.3. The van der Waals surface area contributed by atoms with Crippen LogP contribution in [-0.4, -0.2) is 14.1 Å². The monoisotopic (exact) mass is 1110 g/mol. The summed E-state index contributed by atoms with van der Waals surface area (Å²) in [5.41, 5.74) is 16.1. The van der Waals surface area contributed by atoms with Crippen molar-refractivity contribution in [2.75, 3.05) is 0 Å². The zero-order valence-electron chi connectivity index (χ0n) is 40.5. The molecule has 352 valence electrons. The maximum atomic E-state index is 6.79. The SMILES string of the molecule is CC(c1cc(-n2c3[c-]c(Oc4[c-]c(-n5[c-][n+](-c6c(-c7ccccc7)cccc6-c6ccccc6)c6ccccc65)ccc4)ccc3c3cc(-c4ccccc4)ccc32)ncc1-c1ccccc1)C(C)(C)C.[Pt]. The average molecular weight is 1110 g/mol. The summed E-state index contributed by atoms with van der Waals surface area (Å²) in [6.45, 7) is 9.25. The third-order valence-electron chi connectivity index (χ3n) is 14.0. The second kappa shape index (κ2) is 19.2. The minimum Gasteiger partial charge on any atom is -0.510 e. The molecule has 0 bridgehead atoms. The predicted molar refractivity (Wildman–Crippen MR) is 290 cm³/mol. The van der Waals surface area contributed by atoms with E-state index < -0.39 is 0 Å². The second-order valence-electron chi connectivity index (χ2n) is 19.3. The fourth-order valence-electron chi connectivity index (χ4n) is 9.93. The Balaban J connectivity index is 0.00000560. The molecular formula is C66H50N4OPt-2. The van der Waals surface area contributed by atoms with Gasteiger partial charge in [-0.3, -0.25) is 4.57 Å². The molecular weight excluding hydrogens is 1060 g/mol. The van der Waals surface area contributed by atoms with Crippen LogP contribution in [0.2, 0.25) is 0 Å². The van der Waals surface area contributed by atoms with E-state index >= 15 is 0 Å². The molecule has 72 heavy (non-hydrogen) atoms. The molecule has 0 aliphatic rings. The van der Waals surface area contributed by atoms with Gasteiger partial charge in [0, 0.05) is 49.8 Å². The Kier molecular flexibility index (Phi) is 12.4. The van der Waals surface area contributed by atoms with E-state index in [2.05, 4.69) is 260 Å². The van der Waals surface area contributed by atoms with Crippen LogP contribution in [0.5, 0.6) is 11.5 Å². The first-order valence-corrected chi connectivity index (χ1v) is 24.3. The van der Waals surface area contributed by atoms with Crippen LogP contribution < -0.4 is 9.30 Å². The van der Waals surface area contributed by atoms with E-state index in [1.165, 1.54) is 5.56 Å². The van der Waals surface area contributed by atoms with E-state index in [0.717, 1.165) is 94.5 Å². The van der Waals surface area contributed by atoms with Crippen LogP contribution in [0.3, 0.4) is 0 Å². The number of rotatable bonds is 10. The van der Waals surface area contributed by atoms with Gasteiger partial charge in [-0.25, -0.2) is 4.98 Å². The molecule has 0 saturated heterocycles. The summed E-state index contributed by atoms with van der Waals surface area (Å²) in [6, 6.07) is 83.8. The molecule has 0 aliphatic heterocycles. The number of imidazole rings is 1. The molecule has 1 atom stereocenters. The van der Waals surface area contributed by atoms with Gasteiger partial charge >= 0.3 is 0 Å². The Hall–Kier alpha value is -8.11. The van der Waals surface area contributed by atoms with Crippen molar-refractivity contribution in [3.05, 3.63) is 249 Å². The molecule has 3 aromatic heterocycles. The standard InChI is InChI=1S/C66H50N4O.Pt/c1-45(66(2,3)4)57-42-64(67-43-59(57)49-27-15-8-16-28-49)70-60-38-35-50(46-21-9-5-10-22-46)39-58(60)56-37-36-53(41-63(56)70)71-52-30-19-29-51(40-52)68-44-69(62-34-18-17-33-61(62)68)65-54(47-23-11-6-12-24-47)31-20-32-55(65)48-25-13-7-14-26-48;/h5-39,42-43,45H,1-4H3;/q-2;. The molecule has 0 amide bonds. The fraction of sp³-hybridized carbons (Fsp3) is 0.0909. The Morgan fingerprint density at radius 1 is 0.514 bits per heavy atom. The number of pyridine rings is 1. The zero-order valence-corrected chi connectivity index (χ0v) is 42.7. The summed E-state index contributed by atoms with van der Waals surface area (Å²) in [4.78, 5) is 5.24. The Morgan fingerprint density at radius 2 is 1.10 bits per heavy atom. The van der Waals surface area contributed by atoms with Gasteiger partial charge in [0.15, 0.2) is 0 Å². The van der Waals surface area contributed by atoms with Crippen LogP contribution in [-0.2, 0) is 21.1 Å². The molecule has 0 saturated carbocycles. The van der Waals surface area contributed by atoms with Crippen LogP contribution in [0.4, 0.5) is 0 Å². The van der Waals surface area contributed by atoms with Gasteiger partial charge in [-0.2, -0.15) is 18.2 Å². The molecule has 6 heteroatoms. The molecule has 0 fully saturated rings. The molecule has 0 N–H and O–H groups in total. The average Bonchev–Trinajstić information content (AvgIpc) is 3.96. The van der Waals surface area contributed by atoms with Crippen LogP contribution >= 0.6 is 0 Å². The Morgan fingerprint density at radius 3 is 1.75 bits per heavy atom. The summed E-state index contributed by atoms with van der Waals surface area (Å²) in [6.07, 6.45) is 5.83. The number of para-hydroxylation sites is 3. The first-order valence-electron chi connectivity index (χ1n) is 24.3. The number of hydrogen-bond donors (Lipinski definition) is 0. The maximum absolute atomic E-state index is 6.79. The number of nitrogens with zero attached hydrogens (tertiary/aromatic N) is 4. The van der Waals surface area contributed by atoms with Crippen LogP contribution in [0.1, 0.15) is 39.2 Å². The van der Waals surface area contributed by atoms with Gasteiger partial charge in [0.25, 0.3) is 6.33 Å².